The van der Waals surface area contributed by atoms with Crippen LogP contribution in [-0.4, -0.2) is 23.5 Å². The highest BCUT2D eigenvalue weighted by Crippen LogP contribution is 2.61. The average Bonchev–Trinajstić information content (AvgIpc) is 2.63. The molecule has 7 heteroatoms. The fraction of sp³-hybridized carbons (Fsp3) is 0.625. The second-order valence-corrected chi connectivity index (χ2v) is 10.8. The number of carbonyl (C=O) groups excluding carboxylic acids is 3. The number of amides is 3. The van der Waals surface area contributed by atoms with E-state index in [4.69, 9.17) is 4.74 Å². The predicted molar refractivity (Wildman–Crippen MR) is 117 cm³/mol. The van der Waals surface area contributed by atoms with Gasteiger partial charge in [-0.25, -0.2) is 4.79 Å². The zero-order valence-electron chi connectivity index (χ0n) is 18.6. The highest BCUT2D eigenvalue weighted by molar-refractivity contribution is 5.96. The summed E-state index contributed by atoms with van der Waals surface area (Å²) in [7, 11) is 0. The van der Waals surface area contributed by atoms with Crippen LogP contribution in [0.4, 0.5) is 10.5 Å². The number of hydrogen-bond acceptors (Lipinski definition) is 4. The smallest absolute Gasteiger partial charge is 0.412 e. The molecule has 0 aliphatic heterocycles. The minimum absolute atomic E-state index is 0.112. The van der Waals surface area contributed by atoms with E-state index in [0.29, 0.717) is 17.7 Å². The van der Waals surface area contributed by atoms with E-state index < -0.39 is 11.7 Å². The first-order valence-corrected chi connectivity index (χ1v) is 11.3. The summed E-state index contributed by atoms with van der Waals surface area (Å²) in [4.78, 5) is 36.8. The molecule has 4 bridgehead atoms. The predicted octanol–water partition coefficient (Wildman–Crippen LogP) is 4.40. The maximum absolute atomic E-state index is 12.6. The van der Waals surface area contributed by atoms with E-state index in [1.165, 1.54) is 19.3 Å². The van der Waals surface area contributed by atoms with Crippen molar-refractivity contribution in [2.45, 2.75) is 71.3 Å². The molecule has 3 amide bonds. The van der Waals surface area contributed by atoms with Gasteiger partial charge in [0.05, 0.1) is 0 Å². The molecule has 3 N–H and O–H groups in total. The summed E-state index contributed by atoms with van der Waals surface area (Å²) >= 11 is 0. The lowest BCUT2D eigenvalue weighted by Crippen LogP contribution is -2.50. The summed E-state index contributed by atoms with van der Waals surface area (Å²) in [6.45, 7) is 5.37. The Hall–Kier alpha value is -2.57. The topological polar surface area (TPSA) is 96.5 Å². The number of hydrogen-bond donors (Lipinski definition) is 3. The molecule has 1 aromatic carbocycles. The molecule has 4 aliphatic rings. The third kappa shape index (κ3) is 5.38. The lowest BCUT2D eigenvalue weighted by atomic mass is 9.49. The van der Waals surface area contributed by atoms with Gasteiger partial charge in [0.2, 0.25) is 5.91 Å². The van der Waals surface area contributed by atoms with E-state index in [1.54, 1.807) is 45.0 Å². The average molecular weight is 428 g/mol. The van der Waals surface area contributed by atoms with Crippen LogP contribution in [0.25, 0.3) is 0 Å². The number of anilines is 1. The van der Waals surface area contributed by atoms with Gasteiger partial charge in [-0.2, -0.15) is 0 Å². The molecule has 0 aromatic heterocycles. The monoisotopic (exact) mass is 427 g/mol. The molecule has 0 spiro atoms. The van der Waals surface area contributed by atoms with Gasteiger partial charge in [-0.05, 0) is 107 Å². The second kappa shape index (κ2) is 8.17. The fourth-order valence-corrected chi connectivity index (χ4v) is 6.22. The number of ether oxygens (including phenoxy) is 1. The first-order chi connectivity index (χ1) is 14.6. The van der Waals surface area contributed by atoms with E-state index in [0.717, 1.165) is 37.0 Å². The summed E-state index contributed by atoms with van der Waals surface area (Å²) < 4.78 is 5.21. The number of nitrogens with one attached hydrogen (secondary N) is 3. The summed E-state index contributed by atoms with van der Waals surface area (Å²) in [6.07, 6.45) is 7.45. The van der Waals surface area contributed by atoms with Crippen molar-refractivity contribution in [2.75, 3.05) is 5.32 Å². The lowest BCUT2D eigenvalue weighted by Gasteiger charge is -2.56. The lowest BCUT2D eigenvalue weighted by molar-refractivity contribution is -0.130. The van der Waals surface area contributed by atoms with Crippen molar-refractivity contribution in [2.24, 2.45) is 23.2 Å². The molecule has 0 unspecified atom stereocenters. The molecule has 5 rings (SSSR count). The van der Waals surface area contributed by atoms with Crippen LogP contribution in [0, 0.1) is 23.2 Å². The van der Waals surface area contributed by atoms with Gasteiger partial charge in [0.25, 0.3) is 5.91 Å². The molecular weight excluding hydrogens is 394 g/mol. The van der Waals surface area contributed by atoms with Crippen LogP contribution >= 0.6 is 0 Å². The Kier molecular flexibility index (Phi) is 5.71. The molecule has 0 radical (unpaired) electrons. The zero-order valence-corrected chi connectivity index (χ0v) is 18.6. The largest absolute Gasteiger partial charge is 0.444 e. The second-order valence-electron chi connectivity index (χ2n) is 10.8. The highest BCUT2D eigenvalue weighted by Gasteiger charge is 2.51. The molecule has 0 saturated heterocycles. The van der Waals surface area contributed by atoms with Gasteiger partial charge in [0.1, 0.15) is 5.60 Å². The molecule has 1 aromatic rings. The van der Waals surface area contributed by atoms with Crippen molar-refractivity contribution in [3.63, 3.8) is 0 Å². The molecule has 31 heavy (non-hydrogen) atoms. The van der Waals surface area contributed by atoms with E-state index >= 15 is 0 Å². The highest BCUT2D eigenvalue weighted by atomic mass is 16.6. The van der Waals surface area contributed by atoms with Crippen LogP contribution in [-0.2, 0) is 9.53 Å². The van der Waals surface area contributed by atoms with Crippen LogP contribution < -0.4 is 16.2 Å². The van der Waals surface area contributed by atoms with Crippen LogP contribution in [0.1, 0.15) is 76.1 Å². The summed E-state index contributed by atoms with van der Waals surface area (Å²) in [5, 5.41) is 2.62. The molecule has 7 nitrogen and oxygen atoms in total. The van der Waals surface area contributed by atoms with Crippen molar-refractivity contribution in [3.05, 3.63) is 29.8 Å². The van der Waals surface area contributed by atoms with Gasteiger partial charge in [0.15, 0.2) is 0 Å². The van der Waals surface area contributed by atoms with Crippen LogP contribution in [0.5, 0.6) is 0 Å². The minimum atomic E-state index is -0.585. The minimum Gasteiger partial charge on any atom is -0.444 e. The van der Waals surface area contributed by atoms with Crippen molar-refractivity contribution in [3.8, 4) is 0 Å². The van der Waals surface area contributed by atoms with E-state index in [1.807, 2.05) is 0 Å². The van der Waals surface area contributed by atoms with E-state index in [9.17, 15) is 14.4 Å². The summed E-state index contributed by atoms with van der Waals surface area (Å²) in [5.74, 6) is 1.88. The number of carbonyl (C=O) groups is 3. The number of hydrazine groups is 1. The van der Waals surface area contributed by atoms with Crippen molar-refractivity contribution >= 4 is 23.6 Å². The standard InChI is InChI=1S/C24H33N3O4/c1-23(2,3)31-22(30)25-19-6-4-18(5-7-19)21(29)27-26-20(28)14-24-11-15-8-16(12-24)10-17(9-15)13-24/h4-7,15-17H,8-14H2,1-3H3,(H,25,30)(H,26,28)(H,27,29). The van der Waals surface area contributed by atoms with E-state index in [2.05, 4.69) is 16.2 Å². The van der Waals surface area contributed by atoms with Gasteiger partial charge >= 0.3 is 6.09 Å². The maximum atomic E-state index is 12.6. The molecule has 4 aliphatic carbocycles. The van der Waals surface area contributed by atoms with Crippen molar-refractivity contribution in [1.29, 1.82) is 0 Å². The molecule has 4 fully saturated rings. The summed E-state index contributed by atoms with van der Waals surface area (Å²) in [6, 6.07) is 6.42. The maximum Gasteiger partial charge on any atom is 0.412 e. The SMILES string of the molecule is CC(C)(C)OC(=O)Nc1ccc(C(=O)NNC(=O)CC23CC4CC(CC(C4)C2)C3)cc1. The van der Waals surface area contributed by atoms with Gasteiger partial charge in [-0.1, -0.05) is 0 Å². The molecular formula is C24H33N3O4. The molecule has 168 valence electrons. The van der Waals surface area contributed by atoms with Crippen molar-refractivity contribution < 1.29 is 19.1 Å². The third-order valence-corrected chi connectivity index (χ3v) is 6.81. The van der Waals surface area contributed by atoms with Gasteiger partial charge in [0, 0.05) is 17.7 Å². The third-order valence-electron chi connectivity index (χ3n) is 6.81. The van der Waals surface area contributed by atoms with E-state index in [-0.39, 0.29) is 17.2 Å². The fourth-order valence-electron chi connectivity index (χ4n) is 6.22. The van der Waals surface area contributed by atoms with Crippen molar-refractivity contribution in [1.82, 2.24) is 10.9 Å². The molecule has 4 saturated carbocycles. The van der Waals surface area contributed by atoms with Gasteiger partial charge in [-0.3, -0.25) is 25.8 Å². The van der Waals surface area contributed by atoms with Gasteiger partial charge in [-0.15, -0.1) is 0 Å². The number of benzene rings is 1. The molecule has 0 atom stereocenters. The van der Waals surface area contributed by atoms with Gasteiger partial charge < -0.3 is 4.74 Å². The Morgan fingerprint density at radius 3 is 2.00 bits per heavy atom. The first kappa shape index (κ1) is 21.7. The van der Waals surface area contributed by atoms with Crippen LogP contribution in [0.3, 0.4) is 0 Å². The Balaban J connectivity index is 1.25. The van der Waals surface area contributed by atoms with Crippen LogP contribution in [0.2, 0.25) is 0 Å². The number of rotatable bonds is 4. The Labute approximate surface area is 183 Å². The normalized spacial score (nSPS) is 28.7. The first-order valence-electron chi connectivity index (χ1n) is 11.3. The Morgan fingerprint density at radius 2 is 1.48 bits per heavy atom. The quantitative estimate of drug-likeness (QED) is 0.621. The Morgan fingerprint density at radius 1 is 0.935 bits per heavy atom. The molecule has 0 heterocycles. The van der Waals surface area contributed by atoms with Crippen LogP contribution in [0.15, 0.2) is 24.3 Å². The Bertz CT molecular complexity index is 821. The zero-order chi connectivity index (χ0) is 22.2. The summed E-state index contributed by atoms with van der Waals surface area (Å²) in [5.41, 5.74) is 5.59.